The zero-order valence-electron chi connectivity index (χ0n) is 11.1. The maximum Gasteiger partial charge on any atom is 0.258 e. The van der Waals surface area contributed by atoms with Gasteiger partial charge in [0.2, 0.25) is 0 Å². The second-order valence-corrected chi connectivity index (χ2v) is 5.50. The van der Waals surface area contributed by atoms with Crippen molar-refractivity contribution in [2.24, 2.45) is 0 Å². The van der Waals surface area contributed by atoms with Crippen LogP contribution >= 0.6 is 0 Å². The lowest BCUT2D eigenvalue weighted by atomic mass is 10.0. The van der Waals surface area contributed by atoms with Crippen LogP contribution in [0.2, 0.25) is 0 Å². The Kier molecular flexibility index (Phi) is 2.37. The minimum atomic E-state index is 0.484. The topological polar surface area (TPSA) is 38.2 Å². The van der Waals surface area contributed by atoms with Crippen molar-refractivity contribution in [2.45, 2.75) is 32.2 Å². The number of benzene rings is 1. The van der Waals surface area contributed by atoms with Gasteiger partial charge in [0.1, 0.15) is 6.61 Å². The average Bonchev–Trinajstić information content (AvgIpc) is 2.45. The van der Waals surface area contributed by atoms with E-state index in [2.05, 4.69) is 28.9 Å². The van der Waals surface area contributed by atoms with E-state index in [1.165, 1.54) is 24.8 Å². The molecule has 0 amide bonds. The number of hydrogen-bond acceptors (Lipinski definition) is 4. The van der Waals surface area contributed by atoms with Gasteiger partial charge in [-0.2, -0.15) is 0 Å². The maximum absolute atomic E-state index is 5.82. The van der Waals surface area contributed by atoms with Gasteiger partial charge in [0.05, 0.1) is 17.1 Å². The van der Waals surface area contributed by atoms with E-state index >= 15 is 0 Å². The monoisotopic (exact) mass is 255 g/mol. The zero-order chi connectivity index (χ0) is 12.8. The van der Waals surface area contributed by atoms with E-state index in [-0.39, 0.29) is 0 Å². The molecule has 1 atom stereocenters. The van der Waals surface area contributed by atoms with Crippen molar-refractivity contribution >= 4 is 16.9 Å². The third kappa shape index (κ3) is 1.74. The molecule has 1 unspecified atom stereocenters. The SMILES string of the molecule is Cc1ccc2nc3c(nc2c1)N1CCCCC1CO3. The third-order valence-electron chi connectivity index (χ3n) is 4.08. The van der Waals surface area contributed by atoms with Gasteiger partial charge in [0.25, 0.3) is 5.88 Å². The second kappa shape index (κ2) is 4.08. The van der Waals surface area contributed by atoms with Gasteiger partial charge in [-0.15, -0.1) is 0 Å². The number of rotatable bonds is 0. The van der Waals surface area contributed by atoms with Crippen LogP contribution in [0.5, 0.6) is 5.88 Å². The summed E-state index contributed by atoms with van der Waals surface area (Å²) < 4.78 is 5.82. The van der Waals surface area contributed by atoms with Crippen LogP contribution in [0.4, 0.5) is 5.82 Å². The predicted octanol–water partition coefficient (Wildman–Crippen LogP) is 2.69. The molecule has 1 aromatic carbocycles. The van der Waals surface area contributed by atoms with Crippen LogP contribution in [0.15, 0.2) is 18.2 Å². The molecule has 2 aliphatic heterocycles. The molecule has 1 fully saturated rings. The fraction of sp³-hybridized carbons (Fsp3) is 0.467. The van der Waals surface area contributed by atoms with Gasteiger partial charge in [0, 0.05) is 6.54 Å². The van der Waals surface area contributed by atoms with Crippen molar-refractivity contribution < 1.29 is 4.74 Å². The molecule has 1 aromatic heterocycles. The van der Waals surface area contributed by atoms with E-state index in [1.54, 1.807) is 0 Å². The summed E-state index contributed by atoms with van der Waals surface area (Å²) in [4.78, 5) is 11.8. The van der Waals surface area contributed by atoms with Gasteiger partial charge in [-0.05, 0) is 43.9 Å². The van der Waals surface area contributed by atoms with Gasteiger partial charge in [0.15, 0.2) is 5.82 Å². The number of hydrogen-bond donors (Lipinski definition) is 0. The number of piperidine rings is 1. The minimum Gasteiger partial charge on any atom is -0.473 e. The molecule has 4 heteroatoms. The van der Waals surface area contributed by atoms with Crippen LogP contribution in [0.1, 0.15) is 24.8 Å². The first-order chi connectivity index (χ1) is 9.31. The fourth-order valence-corrected chi connectivity index (χ4v) is 3.05. The molecule has 3 heterocycles. The Balaban J connectivity index is 1.87. The molecule has 19 heavy (non-hydrogen) atoms. The Morgan fingerprint density at radius 1 is 1.21 bits per heavy atom. The number of anilines is 1. The summed E-state index contributed by atoms with van der Waals surface area (Å²) in [6.45, 7) is 3.91. The number of fused-ring (bicyclic) bond motifs is 4. The second-order valence-electron chi connectivity index (χ2n) is 5.50. The summed E-state index contributed by atoms with van der Waals surface area (Å²) in [5.74, 6) is 1.64. The van der Waals surface area contributed by atoms with Crippen LogP contribution < -0.4 is 9.64 Å². The van der Waals surface area contributed by atoms with Crippen molar-refractivity contribution in [3.63, 3.8) is 0 Å². The van der Waals surface area contributed by atoms with Crippen molar-refractivity contribution in [2.75, 3.05) is 18.1 Å². The molecule has 0 aliphatic carbocycles. The average molecular weight is 255 g/mol. The Bertz CT molecular complexity index is 641. The van der Waals surface area contributed by atoms with E-state index in [4.69, 9.17) is 9.72 Å². The summed E-state index contributed by atoms with van der Waals surface area (Å²) in [7, 11) is 0. The van der Waals surface area contributed by atoms with E-state index < -0.39 is 0 Å². The Hall–Kier alpha value is -1.84. The van der Waals surface area contributed by atoms with Crippen molar-refractivity contribution in [3.8, 4) is 5.88 Å². The van der Waals surface area contributed by atoms with Crippen LogP contribution in [0, 0.1) is 6.92 Å². The molecule has 4 nitrogen and oxygen atoms in total. The van der Waals surface area contributed by atoms with Gasteiger partial charge >= 0.3 is 0 Å². The smallest absolute Gasteiger partial charge is 0.258 e. The van der Waals surface area contributed by atoms with Crippen LogP contribution in [-0.2, 0) is 0 Å². The maximum atomic E-state index is 5.82. The highest BCUT2D eigenvalue weighted by molar-refractivity contribution is 5.78. The summed E-state index contributed by atoms with van der Waals surface area (Å²) in [6.07, 6.45) is 3.73. The fourth-order valence-electron chi connectivity index (χ4n) is 3.05. The van der Waals surface area contributed by atoms with E-state index in [0.717, 1.165) is 30.0 Å². The molecular formula is C15H17N3O. The molecule has 0 bridgehead atoms. The molecule has 0 radical (unpaired) electrons. The van der Waals surface area contributed by atoms with Gasteiger partial charge in [-0.3, -0.25) is 0 Å². The Morgan fingerprint density at radius 2 is 2.16 bits per heavy atom. The zero-order valence-corrected chi connectivity index (χ0v) is 11.1. The van der Waals surface area contributed by atoms with Crippen molar-refractivity contribution in [3.05, 3.63) is 23.8 Å². The minimum absolute atomic E-state index is 0.484. The van der Waals surface area contributed by atoms with Gasteiger partial charge < -0.3 is 9.64 Å². The van der Waals surface area contributed by atoms with Crippen LogP contribution in [0.25, 0.3) is 11.0 Å². The summed E-state index contributed by atoms with van der Waals surface area (Å²) in [5.41, 5.74) is 3.10. The summed E-state index contributed by atoms with van der Waals surface area (Å²) in [6, 6.07) is 6.66. The largest absolute Gasteiger partial charge is 0.473 e. The highest BCUT2D eigenvalue weighted by Gasteiger charge is 2.32. The highest BCUT2D eigenvalue weighted by Crippen LogP contribution is 2.35. The Labute approximate surface area is 112 Å². The number of aromatic nitrogens is 2. The molecule has 0 saturated carbocycles. The highest BCUT2D eigenvalue weighted by atomic mass is 16.5. The third-order valence-corrected chi connectivity index (χ3v) is 4.08. The van der Waals surface area contributed by atoms with Crippen LogP contribution in [0.3, 0.4) is 0 Å². The number of nitrogens with zero attached hydrogens (tertiary/aromatic N) is 3. The molecule has 4 rings (SSSR count). The standard InChI is InChI=1S/C15H17N3O/c1-10-5-6-12-13(8-10)16-14-15(17-12)19-9-11-4-2-3-7-18(11)14/h5-6,8,11H,2-4,7,9H2,1H3. The molecule has 98 valence electrons. The van der Waals surface area contributed by atoms with Crippen LogP contribution in [-0.4, -0.2) is 29.2 Å². The number of aryl methyl sites for hydroxylation is 1. The van der Waals surface area contributed by atoms with E-state index in [9.17, 15) is 0 Å². The lowest BCUT2D eigenvalue weighted by molar-refractivity contribution is 0.230. The van der Waals surface area contributed by atoms with E-state index in [0.29, 0.717) is 11.9 Å². The lowest BCUT2D eigenvalue weighted by Crippen LogP contribution is -2.46. The first-order valence-electron chi connectivity index (χ1n) is 6.99. The molecule has 2 aliphatic rings. The van der Waals surface area contributed by atoms with Crippen molar-refractivity contribution in [1.29, 1.82) is 0 Å². The quantitative estimate of drug-likeness (QED) is 0.725. The normalized spacial score (nSPS) is 21.7. The van der Waals surface area contributed by atoms with Crippen molar-refractivity contribution in [1.82, 2.24) is 9.97 Å². The molecular weight excluding hydrogens is 238 g/mol. The predicted molar refractivity (Wildman–Crippen MR) is 74.8 cm³/mol. The molecule has 1 saturated heterocycles. The first-order valence-corrected chi connectivity index (χ1v) is 6.99. The summed E-state index contributed by atoms with van der Waals surface area (Å²) >= 11 is 0. The Morgan fingerprint density at radius 3 is 3.11 bits per heavy atom. The van der Waals surface area contributed by atoms with E-state index in [1.807, 2.05) is 6.07 Å². The number of ether oxygens (including phenoxy) is 1. The summed E-state index contributed by atoms with van der Waals surface area (Å²) in [5, 5.41) is 0. The molecule has 2 aromatic rings. The molecule has 0 spiro atoms. The lowest BCUT2D eigenvalue weighted by Gasteiger charge is -2.40. The first kappa shape index (κ1) is 11.0. The van der Waals surface area contributed by atoms with Gasteiger partial charge in [-0.1, -0.05) is 6.07 Å². The van der Waals surface area contributed by atoms with Gasteiger partial charge in [-0.25, -0.2) is 9.97 Å². The molecule has 0 N–H and O–H groups in total.